The van der Waals surface area contributed by atoms with Gasteiger partial charge in [-0.15, -0.1) is 0 Å². The van der Waals surface area contributed by atoms with Gasteiger partial charge in [0.1, 0.15) is 5.82 Å². The molecule has 1 aromatic rings. The van der Waals surface area contributed by atoms with E-state index < -0.39 is 0 Å². The van der Waals surface area contributed by atoms with Gasteiger partial charge in [0.05, 0.1) is 5.69 Å². The van der Waals surface area contributed by atoms with Crippen LogP contribution in [0.15, 0.2) is 12.4 Å². The van der Waals surface area contributed by atoms with Crippen molar-refractivity contribution in [1.82, 2.24) is 9.97 Å². The van der Waals surface area contributed by atoms with Crippen molar-refractivity contribution in [3.05, 3.63) is 18.1 Å². The first-order valence-corrected chi connectivity index (χ1v) is 2.34. The highest BCUT2D eigenvalue weighted by Crippen LogP contribution is 1.97. The van der Waals surface area contributed by atoms with E-state index >= 15 is 0 Å². The Hall–Kier alpha value is -1.12. The molecule has 1 aromatic heterocycles. The molecule has 0 unspecified atom stereocenters. The highest BCUT2D eigenvalue weighted by molar-refractivity contribution is 5.30. The number of nitrogens with two attached hydrogens (primary N) is 1. The molecule has 8 heavy (non-hydrogen) atoms. The number of nitrogens with zero attached hydrogens (tertiary/aromatic N) is 2. The first kappa shape index (κ1) is 5.03. The first-order valence-electron chi connectivity index (χ1n) is 2.34. The van der Waals surface area contributed by atoms with Gasteiger partial charge in [0.15, 0.2) is 0 Å². The smallest absolute Gasteiger partial charge is 0.144 e. The third kappa shape index (κ3) is 0.753. The highest BCUT2D eigenvalue weighted by Gasteiger charge is 1.88. The van der Waals surface area contributed by atoms with E-state index in [1.807, 2.05) is 6.92 Å². The minimum absolute atomic E-state index is 0.507. The molecule has 0 aliphatic rings. The summed E-state index contributed by atoms with van der Waals surface area (Å²) in [6.45, 7) is 1.82. The molecule has 3 nitrogen and oxygen atoms in total. The fourth-order valence-electron chi connectivity index (χ4n) is 0.418. The normalized spacial score (nSPS) is 9.12. The van der Waals surface area contributed by atoms with Gasteiger partial charge >= 0.3 is 0 Å². The van der Waals surface area contributed by atoms with Crippen molar-refractivity contribution in [2.24, 2.45) is 0 Å². The Morgan fingerprint density at radius 1 is 1.38 bits per heavy atom. The van der Waals surface area contributed by atoms with E-state index in [0.717, 1.165) is 5.69 Å². The summed E-state index contributed by atoms with van der Waals surface area (Å²) in [5.74, 6) is 0.507. The Labute approximate surface area is 47.6 Å². The molecular weight excluding hydrogens is 102 g/mol. The van der Waals surface area contributed by atoms with Crippen LogP contribution in [0.2, 0.25) is 0 Å². The average Bonchev–Trinajstić information content (AvgIpc) is 1.77. The van der Waals surface area contributed by atoms with Crippen LogP contribution in [0.25, 0.3) is 0 Å². The second kappa shape index (κ2) is 1.78. The van der Waals surface area contributed by atoms with Crippen molar-refractivity contribution in [2.45, 2.75) is 6.92 Å². The van der Waals surface area contributed by atoms with Crippen LogP contribution in [-0.2, 0) is 0 Å². The van der Waals surface area contributed by atoms with Gasteiger partial charge in [0, 0.05) is 12.4 Å². The molecule has 3 heteroatoms. The SMILES string of the molecule is Cc1nccnc1N. The zero-order chi connectivity index (χ0) is 5.98. The summed E-state index contributed by atoms with van der Waals surface area (Å²) in [4.78, 5) is 7.69. The maximum atomic E-state index is 5.35. The molecule has 0 saturated heterocycles. The fourth-order valence-corrected chi connectivity index (χ4v) is 0.418. The van der Waals surface area contributed by atoms with E-state index in [-0.39, 0.29) is 0 Å². The zero-order valence-electron chi connectivity index (χ0n) is 4.63. The third-order valence-corrected chi connectivity index (χ3v) is 0.919. The molecule has 0 aliphatic heterocycles. The largest absolute Gasteiger partial charge is 0.382 e. The van der Waals surface area contributed by atoms with Crippen molar-refractivity contribution in [2.75, 3.05) is 5.73 Å². The molecular formula is C5H7N3. The molecule has 42 valence electrons. The lowest BCUT2D eigenvalue weighted by atomic mass is 10.5. The third-order valence-electron chi connectivity index (χ3n) is 0.919. The predicted octanol–water partition coefficient (Wildman–Crippen LogP) is 0.367. The van der Waals surface area contributed by atoms with Crippen LogP contribution in [0, 0.1) is 6.92 Å². The Morgan fingerprint density at radius 2 is 2.00 bits per heavy atom. The summed E-state index contributed by atoms with van der Waals surface area (Å²) in [6, 6.07) is 0. The summed E-state index contributed by atoms with van der Waals surface area (Å²) in [6.07, 6.45) is 3.19. The molecule has 0 atom stereocenters. The van der Waals surface area contributed by atoms with Crippen molar-refractivity contribution >= 4 is 5.82 Å². The summed E-state index contributed by atoms with van der Waals surface area (Å²) >= 11 is 0. The number of hydrogen-bond acceptors (Lipinski definition) is 3. The van der Waals surface area contributed by atoms with Crippen molar-refractivity contribution in [1.29, 1.82) is 0 Å². The topological polar surface area (TPSA) is 51.8 Å². The molecule has 0 aromatic carbocycles. The number of aromatic nitrogens is 2. The molecule has 0 radical (unpaired) electrons. The van der Waals surface area contributed by atoms with E-state index in [4.69, 9.17) is 5.73 Å². The maximum absolute atomic E-state index is 5.35. The van der Waals surface area contributed by atoms with Gasteiger partial charge in [-0.2, -0.15) is 0 Å². The Morgan fingerprint density at radius 3 is 2.38 bits per heavy atom. The van der Waals surface area contributed by atoms with Crippen LogP contribution < -0.4 is 5.73 Å². The lowest BCUT2D eigenvalue weighted by Crippen LogP contribution is -1.94. The molecule has 1 heterocycles. The molecule has 0 aliphatic carbocycles. The van der Waals surface area contributed by atoms with Gasteiger partial charge in [-0.25, -0.2) is 4.98 Å². The fraction of sp³-hybridized carbons (Fsp3) is 0.200. The predicted molar refractivity (Wildman–Crippen MR) is 31.2 cm³/mol. The number of anilines is 1. The van der Waals surface area contributed by atoms with Crippen molar-refractivity contribution < 1.29 is 0 Å². The Kier molecular flexibility index (Phi) is 1.12. The van der Waals surface area contributed by atoms with Gasteiger partial charge < -0.3 is 5.73 Å². The van der Waals surface area contributed by atoms with E-state index in [1.165, 1.54) is 0 Å². The molecule has 2 N–H and O–H groups in total. The second-order valence-corrected chi connectivity index (χ2v) is 1.53. The number of nitrogen functional groups attached to an aromatic ring is 1. The van der Waals surface area contributed by atoms with Crippen LogP contribution in [0.1, 0.15) is 5.69 Å². The van der Waals surface area contributed by atoms with Gasteiger partial charge in [-0.1, -0.05) is 0 Å². The molecule has 1 rings (SSSR count). The number of aryl methyl sites for hydroxylation is 1. The summed E-state index contributed by atoms with van der Waals surface area (Å²) in [5.41, 5.74) is 6.13. The first-order chi connectivity index (χ1) is 3.80. The highest BCUT2D eigenvalue weighted by atomic mass is 14.9. The van der Waals surface area contributed by atoms with Gasteiger partial charge in [0.2, 0.25) is 0 Å². The van der Waals surface area contributed by atoms with Crippen molar-refractivity contribution in [3.63, 3.8) is 0 Å². The van der Waals surface area contributed by atoms with E-state index in [2.05, 4.69) is 9.97 Å². The van der Waals surface area contributed by atoms with Crippen LogP contribution in [-0.4, -0.2) is 9.97 Å². The molecule has 0 bridgehead atoms. The summed E-state index contributed by atoms with van der Waals surface area (Å²) in [7, 11) is 0. The van der Waals surface area contributed by atoms with E-state index in [0.29, 0.717) is 5.82 Å². The van der Waals surface area contributed by atoms with E-state index in [9.17, 15) is 0 Å². The minimum Gasteiger partial charge on any atom is -0.382 e. The zero-order valence-corrected chi connectivity index (χ0v) is 4.63. The maximum Gasteiger partial charge on any atom is 0.144 e. The van der Waals surface area contributed by atoms with Gasteiger partial charge in [0.25, 0.3) is 0 Å². The Bertz CT molecular complexity index is 164. The molecule has 0 spiro atoms. The van der Waals surface area contributed by atoms with Crippen LogP contribution in [0.4, 0.5) is 5.82 Å². The lowest BCUT2D eigenvalue weighted by Gasteiger charge is -1.91. The van der Waals surface area contributed by atoms with E-state index in [1.54, 1.807) is 12.4 Å². The second-order valence-electron chi connectivity index (χ2n) is 1.53. The molecule has 0 amide bonds. The molecule has 0 fully saturated rings. The minimum atomic E-state index is 0.507. The standard InChI is InChI=1S/C5H7N3/c1-4-5(6)8-3-2-7-4/h2-3H,1H3,(H2,6,8). The number of rotatable bonds is 0. The van der Waals surface area contributed by atoms with Crippen LogP contribution in [0.3, 0.4) is 0 Å². The van der Waals surface area contributed by atoms with Gasteiger partial charge in [-0.3, -0.25) is 4.98 Å². The van der Waals surface area contributed by atoms with Crippen LogP contribution >= 0.6 is 0 Å². The van der Waals surface area contributed by atoms with Gasteiger partial charge in [-0.05, 0) is 6.92 Å². The molecule has 0 saturated carbocycles. The Balaban J connectivity index is 3.13. The number of hydrogen-bond donors (Lipinski definition) is 1. The average molecular weight is 109 g/mol. The quantitative estimate of drug-likeness (QED) is 0.523. The summed E-state index contributed by atoms with van der Waals surface area (Å²) < 4.78 is 0. The monoisotopic (exact) mass is 109 g/mol. The van der Waals surface area contributed by atoms with Crippen LogP contribution in [0.5, 0.6) is 0 Å². The lowest BCUT2D eigenvalue weighted by molar-refractivity contribution is 1.13. The summed E-state index contributed by atoms with van der Waals surface area (Å²) in [5, 5.41) is 0. The van der Waals surface area contributed by atoms with Crippen molar-refractivity contribution in [3.8, 4) is 0 Å².